The van der Waals surface area contributed by atoms with Crippen LogP contribution in [0.4, 0.5) is 4.39 Å². The van der Waals surface area contributed by atoms with E-state index in [1.54, 1.807) is 18.2 Å². The highest BCUT2D eigenvalue weighted by molar-refractivity contribution is 7.14. The van der Waals surface area contributed by atoms with Crippen molar-refractivity contribution in [2.45, 2.75) is 12.8 Å². The highest BCUT2D eigenvalue weighted by Gasteiger charge is 2.09. The third-order valence-electron chi connectivity index (χ3n) is 2.10. The molecule has 0 aliphatic heterocycles. The first kappa shape index (κ1) is 11.5. The Kier molecular flexibility index (Phi) is 3.85. The molecule has 0 unspecified atom stereocenters. The Morgan fingerprint density at radius 3 is 2.81 bits per heavy atom. The molecule has 0 N–H and O–H groups in total. The van der Waals surface area contributed by atoms with E-state index in [2.05, 4.69) is 10.2 Å². The van der Waals surface area contributed by atoms with Gasteiger partial charge < -0.3 is 0 Å². The molecule has 2 nitrogen and oxygen atoms in total. The van der Waals surface area contributed by atoms with Crippen molar-refractivity contribution < 1.29 is 4.39 Å². The molecule has 0 fully saturated rings. The Morgan fingerprint density at radius 1 is 1.25 bits per heavy atom. The molecule has 1 aromatic carbocycles. The number of alkyl halides is 1. The predicted octanol–water partition coefficient (Wildman–Crippen LogP) is 3.52. The summed E-state index contributed by atoms with van der Waals surface area (Å²) in [5.41, 5.74) is 0.511. The van der Waals surface area contributed by atoms with Crippen molar-refractivity contribution in [2.24, 2.45) is 0 Å². The van der Waals surface area contributed by atoms with Crippen LogP contribution in [0.5, 0.6) is 0 Å². The van der Waals surface area contributed by atoms with Crippen LogP contribution < -0.4 is 0 Å². The van der Waals surface area contributed by atoms with Gasteiger partial charge in [0.1, 0.15) is 10.8 Å². The quantitative estimate of drug-likeness (QED) is 0.783. The van der Waals surface area contributed by atoms with Crippen molar-refractivity contribution >= 4 is 22.9 Å². The molecule has 0 aliphatic rings. The topological polar surface area (TPSA) is 25.8 Å². The molecular formula is C11H10ClFN2S. The SMILES string of the molecule is Fc1ccccc1-c1nnc(CCCCl)s1. The number of hydrogen-bond acceptors (Lipinski definition) is 3. The molecule has 0 saturated carbocycles. The summed E-state index contributed by atoms with van der Waals surface area (Å²) in [5.74, 6) is 0.344. The predicted molar refractivity (Wildman–Crippen MR) is 64.3 cm³/mol. The number of aromatic nitrogens is 2. The second-order valence-corrected chi connectivity index (χ2v) is 4.71. The van der Waals surface area contributed by atoms with Crippen LogP contribution in [0.2, 0.25) is 0 Å². The molecule has 5 heteroatoms. The van der Waals surface area contributed by atoms with E-state index in [-0.39, 0.29) is 5.82 Å². The lowest BCUT2D eigenvalue weighted by atomic mass is 10.2. The van der Waals surface area contributed by atoms with E-state index in [1.807, 2.05) is 0 Å². The van der Waals surface area contributed by atoms with Gasteiger partial charge in [-0.15, -0.1) is 21.8 Å². The third-order valence-corrected chi connectivity index (χ3v) is 3.38. The maximum absolute atomic E-state index is 13.5. The van der Waals surface area contributed by atoms with E-state index in [4.69, 9.17) is 11.6 Å². The molecule has 0 spiro atoms. The molecule has 84 valence electrons. The van der Waals surface area contributed by atoms with Gasteiger partial charge in [0, 0.05) is 17.9 Å². The highest BCUT2D eigenvalue weighted by Crippen LogP contribution is 2.26. The molecule has 0 radical (unpaired) electrons. The minimum absolute atomic E-state index is 0.262. The fourth-order valence-electron chi connectivity index (χ4n) is 1.32. The van der Waals surface area contributed by atoms with Crippen molar-refractivity contribution in [3.63, 3.8) is 0 Å². The smallest absolute Gasteiger partial charge is 0.150 e. The first-order chi connectivity index (χ1) is 7.81. The van der Waals surface area contributed by atoms with Gasteiger partial charge in [0.2, 0.25) is 0 Å². The van der Waals surface area contributed by atoms with Crippen LogP contribution >= 0.6 is 22.9 Å². The number of rotatable bonds is 4. The number of benzene rings is 1. The first-order valence-corrected chi connectivity index (χ1v) is 6.29. The molecule has 2 aromatic rings. The van der Waals surface area contributed by atoms with Gasteiger partial charge in [-0.25, -0.2) is 4.39 Å². The highest BCUT2D eigenvalue weighted by atomic mass is 35.5. The van der Waals surface area contributed by atoms with E-state index >= 15 is 0 Å². The lowest BCUT2D eigenvalue weighted by Gasteiger charge is -1.95. The molecule has 2 rings (SSSR count). The van der Waals surface area contributed by atoms with Crippen LogP contribution in [0.25, 0.3) is 10.6 Å². The van der Waals surface area contributed by atoms with Crippen molar-refractivity contribution in [3.05, 3.63) is 35.1 Å². The Balaban J connectivity index is 2.22. The second-order valence-electron chi connectivity index (χ2n) is 3.27. The van der Waals surface area contributed by atoms with Crippen LogP contribution in [0.3, 0.4) is 0 Å². The Hall–Kier alpha value is -1.00. The van der Waals surface area contributed by atoms with E-state index in [9.17, 15) is 4.39 Å². The van der Waals surface area contributed by atoms with E-state index in [1.165, 1.54) is 17.4 Å². The lowest BCUT2D eigenvalue weighted by Crippen LogP contribution is -1.84. The van der Waals surface area contributed by atoms with Gasteiger partial charge in [0.25, 0.3) is 0 Å². The zero-order chi connectivity index (χ0) is 11.4. The number of nitrogens with zero attached hydrogens (tertiary/aromatic N) is 2. The maximum Gasteiger partial charge on any atom is 0.150 e. The van der Waals surface area contributed by atoms with Crippen LogP contribution in [0.15, 0.2) is 24.3 Å². The largest absolute Gasteiger partial charge is 0.206 e. The zero-order valence-corrected chi connectivity index (χ0v) is 10.1. The van der Waals surface area contributed by atoms with Gasteiger partial charge in [0.15, 0.2) is 5.01 Å². The minimum Gasteiger partial charge on any atom is -0.206 e. The Bertz CT molecular complexity index is 473. The van der Waals surface area contributed by atoms with E-state index < -0.39 is 0 Å². The van der Waals surface area contributed by atoms with Gasteiger partial charge in [-0.3, -0.25) is 0 Å². The summed E-state index contributed by atoms with van der Waals surface area (Å²) in [4.78, 5) is 0. The van der Waals surface area contributed by atoms with E-state index in [0.717, 1.165) is 17.8 Å². The van der Waals surface area contributed by atoms with Gasteiger partial charge in [-0.2, -0.15) is 0 Å². The second kappa shape index (κ2) is 5.37. The summed E-state index contributed by atoms with van der Waals surface area (Å²) in [6, 6.07) is 6.59. The average Bonchev–Trinajstić information content (AvgIpc) is 2.75. The molecule has 0 saturated heterocycles. The molecule has 0 aliphatic carbocycles. The van der Waals surface area contributed by atoms with Gasteiger partial charge in [-0.05, 0) is 18.6 Å². The van der Waals surface area contributed by atoms with Crippen molar-refractivity contribution in [3.8, 4) is 10.6 Å². The third kappa shape index (κ3) is 2.57. The van der Waals surface area contributed by atoms with Gasteiger partial charge >= 0.3 is 0 Å². The van der Waals surface area contributed by atoms with Crippen molar-refractivity contribution in [1.82, 2.24) is 10.2 Å². The molecule has 0 amide bonds. The van der Waals surface area contributed by atoms with Crippen molar-refractivity contribution in [2.75, 3.05) is 5.88 Å². The first-order valence-electron chi connectivity index (χ1n) is 4.94. The van der Waals surface area contributed by atoms with Crippen LogP contribution in [-0.4, -0.2) is 16.1 Å². The average molecular weight is 257 g/mol. The summed E-state index contributed by atoms with van der Waals surface area (Å²) >= 11 is 7.02. The van der Waals surface area contributed by atoms with Crippen LogP contribution in [0, 0.1) is 5.82 Å². The van der Waals surface area contributed by atoms with Crippen LogP contribution in [-0.2, 0) is 6.42 Å². The normalized spacial score (nSPS) is 10.6. The maximum atomic E-state index is 13.5. The summed E-state index contributed by atoms with van der Waals surface area (Å²) in [5, 5.41) is 9.53. The van der Waals surface area contributed by atoms with E-state index in [0.29, 0.717) is 16.5 Å². The molecule has 1 aromatic heterocycles. The van der Waals surface area contributed by atoms with Crippen LogP contribution in [0.1, 0.15) is 11.4 Å². The molecule has 16 heavy (non-hydrogen) atoms. The standard InChI is InChI=1S/C11H10ClFN2S/c12-7-3-6-10-14-15-11(16-10)8-4-1-2-5-9(8)13/h1-2,4-5H,3,6-7H2. The molecule has 0 atom stereocenters. The summed E-state index contributed by atoms with van der Waals surface area (Å²) in [7, 11) is 0. The number of aryl methyl sites for hydroxylation is 1. The molecule has 0 bridgehead atoms. The zero-order valence-electron chi connectivity index (χ0n) is 8.49. The minimum atomic E-state index is -0.262. The molecule has 1 heterocycles. The summed E-state index contributed by atoms with van der Waals surface area (Å²) in [6.45, 7) is 0. The lowest BCUT2D eigenvalue weighted by molar-refractivity contribution is 0.631. The monoisotopic (exact) mass is 256 g/mol. The number of halogens is 2. The number of hydrogen-bond donors (Lipinski definition) is 0. The van der Waals surface area contributed by atoms with Gasteiger partial charge in [-0.1, -0.05) is 23.5 Å². The summed E-state index contributed by atoms with van der Waals surface area (Å²) < 4.78 is 13.5. The fraction of sp³-hybridized carbons (Fsp3) is 0.273. The van der Waals surface area contributed by atoms with Gasteiger partial charge in [0.05, 0.1) is 0 Å². The Labute approximate surface area is 102 Å². The fourth-order valence-corrected chi connectivity index (χ4v) is 2.36. The van der Waals surface area contributed by atoms with Crippen molar-refractivity contribution in [1.29, 1.82) is 0 Å². The molecular weight excluding hydrogens is 247 g/mol. The Morgan fingerprint density at radius 2 is 2.06 bits per heavy atom. The summed E-state index contributed by atoms with van der Waals surface area (Å²) in [6.07, 6.45) is 1.67.